The van der Waals surface area contributed by atoms with Crippen molar-refractivity contribution in [3.63, 3.8) is 0 Å². The van der Waals surface area contributed by atoms with E-state index in [1.54, 1.807) is 0 Å². The van der Waals surface area contributed by atoms with Crippen LogP contribution in [-0.4, -0.2) is 55.9 Å². The summed E-state index contributed by atoms with van der Waals surface area (Å²) in [4.78, 5) is 8.25. The van der Waals surface area contributed by atoms with E-state index in [4.69, 9.17) is 0 Å². The molecule has 0 radical (unpaired) electrons. The lowest BCUT2D eigenvalue weighted by Crippen LogP contribution is -2.46. The molecule has 2 N–H and O–H groups in total. The van der Waals surface area contributed by atoms with Gasteiger partial charge in [-0.25, -0.2) is 0 Å². The first kappa shape index (κ1) is 19.1. The van der Waals surface area contributed by atoms with Gasteiger partial charge in [0.25, 0.3) is 0 Å². The number of aliphatic imine (C=N–C) groups is 1. The number of guanidine groups is 1. The largest absolute Gasteiger partial charge is 0.356 e. The van der Waals surface area contributed by atoms with Crippen molar-refractivity contribution in [2.75, 3.05) is 39.0 Å². The number of nitrogens with one attached hydrogen (secondary N) is 2. The predicted molar refractivity (Wildman–Crippen MR) is 106 cm³/mol. The Balaban J connectivity index is 1.63. The van der Waals surface area contributed by atoms with Crippen molar-refractivity contribution in [2.24, 2.45) is 10.9 Å². The third-order valence-corrected chi connectivity index (χ3v) is 5.48. The molecule has 1 aromatic carbocycles. The minimum atomic E-state index is 0.653. The average molecular weight is 349 g/mol. The highest BCUT2D eigenvalue weighted by Gasteiger charge is 2.21. The molecule has 0 bridgehead atoms. The van der Waals surface area contributed by atoms with Gasteiger partial charge in [-0.3, -0.25) is 4.99 Å². The van der Waals surface area contributed by atoms with E-state index in [9.17, 15) is 0 Å². The average Bonchev–Trinajstić information content (AvgIpc) is 2.62. The van der Waals surface area contributed by atoms with Crippen molar-refractivity contribution < 1.29 is 0 Å². The van der Waals surface area contributed by atoms with E-state index >= 15 is 0 Å². The van der Waals surface area contributed by atoms with Crippen LogP contribution in [0.25, 0.3) is 0 Å². The van der Waals surface area contributed by atoms with Crippen LogP contribution in [0.3, 0.4) is 0 Å². The summed E-state index contributed by atoms with van der Waals surface area (Å²) in [6.07, 6.45) is 2.63. The zero-order chi connectivity index (χ0) is 17.2. The number of hydrogen-bond donors (Lipinski definition) is 2. The van der Waals surface area contributed by atoms with E-state index in [0.717, 1.165) is 30.7 Å². The highest BCUT2D eigenvalue weighted by Crippen LogP contribution is 2.18. The second-order valence-electron chi connectivity index (χ2n) is 6.64. The van der Waals surface area contributed by atoms with Crippen LogP contribution in [-0.2, 0) is 0 Å². The van der Waals surface area contributed by atoms with E-state index in [1.807, 2.05) is 18.8 Å². The van der Waals surface area contributed by atoms with Crippen molar-refractivity contribution in [3.8, 4) is 0 Å². The molecule has 5 heteroatoms. The SMILES string of the molecule is CN=C(NCCSc1ccccc1)NCC1CCCN(C(C)C)C1. The quantitative estimate of drug-likeness (QED) is 0.344. The van der Waals surface area contributed by atoms with Gasteiger partial charge < -0.3 is 15.5 Å². The Morgan fingerprint density at radius 3 is 2.79 bits per heavy atom. The van der Waals surface area contributed by atoms with Gasteiger partial charge >= 0.3 is 0 Å². The molecular formula is C19H32N4S. The van der Waals surface area contributed by atoms with E-state index < -0.39 is 0 Å². The molecule has 1 unspecified atom stereocenters. The molecule has 24 heavy (non-hydrogen) atoms. The highest BCUT2D eigenvalue weighted by atomic mass is 32.2. The number of thioether (sulfide) groups is 1. The monoisotopic (exact) mass is 348 g/mol. The summed E-state index contributed by atoms with van der Waals surface area (Å²) >= 11 is 1.87. The molecule has 1 heterocycles. The molecule has 1 saturated heterocycles. The summed E-state index contributed by atoms with van der Waals surface area (Å²) in [6, 6.07) is 11.2. The van der Waals surface area contributed by atoms with Crippen molar-refractivity contribution in [2.45, 2.75) is 37.6 Å². The maximum atomic E-state index is 4.34. The van der Waals surface area contributed by atoms with Crippen LogP contribution in [0.15, 0.2) is 40.2 Å². The molecule has 0 saturated carbocycles. The van der Waals surface area contributed by atoms with Crippen LogP contribution in [0.4, 0.5) is 0 Å². The molecule has 2 rings (SSSR count). The fourth-order valence-electron chi connectivity index (χ4n) is 3.05. The molecule has 1 fully saturated rings. The van der Waals surface area contributed by atoms with E-state index in [1.165, 1.54) is 30.8 Å². The van der Waals surface area contributed by atoms with Crippen LogP contribution in [0, 0.1) is 5.92 Å². The first-order chi connectivity index (χ1) is 11.7. The minimum absolute atomic E-state index is 0.653. The van der Waals surface area contributed by atoms with Gasteiger partial charge in [0.2, 0.25) is 0 Å². The van der Waals surface area contributed by atoms with Gasteiger partial charge in [-0.2, -0.15) is 0 Å². The molecular weight excluding hydrogens is 316 g/mol. The third kappa shape index (κ3) is 6.73. The second-order valence-corrected chi connectivity index (χ2v) is 7.81. The zero-order valence-electron chi connectivity index (χ0n) is 15.3. The van der Waals surface area contributed by atoms with Crippen molar-refractivity contribution in [1.82, 2.24) is 15.5 Å². The number of hydrogen-bond acceptors (Lipinski definition) is 3. The molecule has 0 amide bonds. The lowest BCUT2D eigenvalue weighted by atomic mass is 9.97. The Morgan fingerprint density at radius 1 is 1.29 bits per heavy atom. The Bertz CT molecular complexity index is 489. The van der Waals surface area contributed by atoms with Crippen LogP contribution < -0.4 is 10.6 Å². The van der Waals surface area contributed by atoms with E-state index in [-0.39, 0.29) is 0 Å². The molecule has 1 aliphatic rings. The summed E-state index contributed by atoms with van der Waals surface area (Å²) < 4.78 is 0. The molecule has 1 aliphatic heterocycles. The lowest BCUT2D eigenvalue weighted by Gasteiger charge is -2.35. The Kier molecular flexibility index (Phi) is 8.47. The van der Waals surface area contributed by atoms with Crippen LogP contribution in [0.5, 0.6) is 0 Å². The number of benzene rings is 1. The Hall–Kier alpha value is -1.20. The van der Waals surface area contributed by atoms with Gasteiger partial charge in [0.1, 0.15) is 0 Å². The topological polar surface area (TPSA) is 39.7 Å². The van der Waals surface area contributed by atoms with Gasteiger partial charge in [0, 0.05) is 43.4 Å². The van der Waals surface area contributed by atoms with Crippen LogP contribution in [0.1, 0.15) is 26.7 Å². The second kappa shape index (κ2) is 10.6. The van der Waals surface area contributed by atoms with Crippen molar-refractivity contribution in [1.29, 1.82) is 0 Å². The van der Waals surface area contributed by atoms with Crippen molar-refractivity contribution >= 4 is 17.7 Å². The van der Waals surface area contributed by atoms with Crippen LogP contribution in [0.2, 0.25) is 0 Å². The summed E-state index contributed by atoms with van der Waals surface area (Å²) in [5.74, 6) is 2.68. The number of piperidine rings is 1. The molecule has 1 atom stereocenters. The molecule has 0 aromatic heterocycles. The summed E-state index contributed by atoms with van der Waals surface area (Å²) in [5, 5.41) is 6.92. The standard InChI is InChI=1S/C19H32N4S/c1-16(2)23-12-7-8-17(15-23)14-22-19(20-3)21-11-13-24-18-9-5-4-6-10-18/h4-6,9-10,16-17H,7-8,11-15H2,1-3H3,(H2,20,21,22). The normalized spacial score (nSPS) is 19.5. The predicted octanol–water partition coefficient (Wildman–Crippen LogP) is 3.06. The number of rotatable bonds is 7. The molecule has 4 nitrogen and oxygen atoms in total. The lowest BCUT2D eigenvalue weighted by molar-refractivity contribution is 0.141. The molecule has 0 aliphatic carbocycles. The Morgan fingerprint density at radius 2 is 2.08 bits per heavy atom. The zero-order valence-corrected chi connectivity index (χ0v) is 16.1. The summed E-state index contributed by atoms with van der Waals surface area (Å²) in [5.41, 5.74) is 0. The fourth-order valence-corrected chi connectivity index (χ4v) is 3.84. The van der Waals surface area contributed by atoms with Gasteiger partial charge in [-0.05, 0) is 51.3 Å². The minimum Gasteiger partial charge on any atom is -0.356 e. The molecule has 134 valence electrons. The highest BCUT2D eigenvalue weighted by molar-refractivity contribution is 7.99. The Labute approximate surface area is 151 Å². The first-order valence-corrected chi connectivity index (χ1v) is 10.0. The van der Waals surface area contributed by atoms with E-state index in [2.05, 4.69) is 64.7 Å². The first-order valence-electron chi connectivity index (χ1n) is 9.05. The van der Waals surface area contributed by atoms with Crippen LogP contribution >= 0.6 is 11.8 Å². The number of likely N-dealkylation sites (tertiary alicyclic amines) is 1. The van der Waals surface area contributed by atoms with Gasteiger partial charge in [0.05, 0.1) is 0 Å². The van der Waals surface area contributed by atoms with E-state index in [0.29, 0.717) is 6.04 Å². The maximum absolute atomic E-state index is 4.34. The maximum Gasteiger partial charge on any atom is 0.191 e. The van der Waals surface area contributed by atoms with Gasteiger partial charge in [-0.1, -0.05) is 18.2 Å². The smallest absolute Gasteiger partial charge is 0.191 e. The molecule has 0 spiro atoms. The third-order valence-electron chi connectivity index (χ3n) is 4.47. The number of nitrogens with zero attached hydrogens (tertiary/aromatic N) is 2. The fraction of sp³-hybridized carbons (Fsp3) is 0.632. The van der Waals surface area contributed by atoms with Gasteiger partial charge in [0.15, 0.2) is 5.96 Å². The summed E-state index contributed by atoms with van der Waals surface area (Å²) in [7, 11) is 1.85. The molecule has 1 aromatic rings. The van der Waals surface area contributed by atoms with Gasteiger partial charge in [-0.15, -0.1) is 11.8 Å². The summed E-state index contributed by atoms with van der Waals surface area (Å²) in [6.45, 7) is 8.96. The van der Waals surface area contributed by atoms with Crippen molar-refractivity contribution in [3.05, 3.63) is 30.3 Å².